The molecular weight excluding hydrogens is 224 g/mol. The van der Waals surface area contributed by atoms with Gasteiger partial charge in [-0.3, -0.25) is 0 Å². The molecule has 0 amide bonds. The van der Waals surface area contributed by atoms with Crippen LogP contribution in [0.1, 0.15) is 41.0 Å². The van der Waals surface area contributed by atoms with Crippen molar-refractivity contribution in [1.82, 2.24) is 0 Å². The first-order valence-corrected chi connectivity index (χ1v) is 9.10. The lowest BCUT2D eigenvalue weighted by molar-refractivity contribution is 0.195. The molecule has 0 aliphatic carbocycles. The van der Waals surface area contributed by atoms with Crippen LogP contribution in [-0.2, 0) is 4.43 Å². The predicted molar refractivity (Wildman–Crippen MR) is 79.5 cm³/mol. The smallest absolute Gasteiger partial charge is 0.192 e. The van der Waals surface area contributed by atoms with Crippen molar-refractivity contribution >= 4 is 8.32 Å². The van der Waals surface area contributed by atoms with Crippen LogP contribution in [0.25, 0.3) is 0 Å². The molecule has 0 spiro atoms. The Balaban J connectivity index is 4.65. The van der Waals surface area contributed by atoms with Crippen LogP contribution in [0, 0.1) is 17.8 Å². The van der Waals surface area contributed by atoms with Crippen molar-refractivity contribution in [1.29, 1.82) is 0 Å². The highest BCUT2D eigenvalue weighted by Crippen LogP contribution is 2.38. The third-order valence-corrected chi connectivity index (χ3v) is 8.08. The van der Waals surface area contributed by atoms with Crippen molar-refractivity contribution in [3.05, 3.63) is 12.2 Å². The van der Waals surface area contributed by atoms with Crippen molar-refractivity contribution in [2.45, 2.75) is 59.2 Å². The summed E-state index contributed by atoms with van der Waals surface area (Å²) in [5.74, 6) is 2.87. The standard InChI is InChI=1S/C15H28OSi/c1-10-15(7,11-13(2)3)12-16-17(8,9)14(4,5)6/h1H,2,11-12H2,3-9H3. The summed E-state index contributed by atoms with van der Waals surface area (Å²) in [6.45, 7) is 19.9. The first-order valence-electron chi connectivity index (χ1n) is 6.20. The molecule has 0 N–H and O–H groups in total. The van der Waals surface area contributed by atoms with E-state index in [1.807, 2.05) is 6.92 Å². The Labute approximate surface area is 109 Å². The van der Waals surface area contributed by atoms with Gasteiger partial charge in [0.05, 0.1) is 12.0 Å². The van der Waals surface area contributed by atoms with Gasteiger partial charge in [-0.05, 0) is 38.4 Å². The molecule has 0 heterocycles. The van der Waals surface area contributed by atoms with Gasteiger partial charge in [-0.2, -0.15) is 0 Å². The van der Waals surface area contributed by atoms with E-state index in [2.05, 4.69) is 53.3 Å². The van der Waals surface area contributed by atoms with Crippen LogP contribution in [-0.4, -0.2) is 14.9 Å². The summed E-state index contributed by atoms with van der Waals surface area (Å²) in [7, 11) is -1.71. The monoisotopic (exact) mass is 252 g/mol. The summed E-state index contributed by atoms with van der Waals surface area (Å²) in [5, 5.41) is 0.228. The third kappa shape index (κ3) is 5.10. The van der Waals surface area contributed by atoms with Crippen LogP contribution >= 0.6 is 0 Å². The van der Waals surface area contributed by atoms with Gasteiger partial charge in [-0.25, -0.2) is 0 Å². The van der Waals surface area contributed by atoms with Gasteiger partial charge in [0.1, 0.15) is 0 Å². The molecule has 0 aromatic heterocycles. The molecule has 2 heteroatoms. The maximum atomic E-state index is 6.21. The van der Waals surface area contributed by atoms with Crippen LogP contribution in [0.5, 0.6) is 0 Å². The first-order chi connectivity index (χ1) is 7.43. The number of allylic oxidation sites excluding steroid dienone is 1. The van der Waals surface area contributed by atoms with E-state index < -0.39 is 8.32 Å². The van der Waals surface area contributed by atoms with E-state index in [1.165, 1.54) is 0 Å². The van der Waals surface area contributed by atoms with E-state index in [0.717, 1.165) is 12.0 Å². The third-order valence-electron chi connectivity index (χ3n) is 3.60. The van der Waals surface area contributed by atoms with E-state index in [9.17, 15) is 0 Å². The van der Waals surface area contributed by atoms with Gasteiger partial charge in [0, 0.05) is 0 Å². The summed E-state index contributed by atoms with van der Waals surface area (Å²) >= 11 is 0. The Morgan fingerprint density at radius 1 is 1.29 bits per heavy atom. The van der Waals surface area contributed by atoms with Crippen LogP contribution in [0.15, 0.2) is 12.2 Å². The van der Waals surface area contributed by atoms with Gasteiger partial charge in [0.2, 0.25) is 0 Å². The minimum Gasteiger partial charge on any atom is -0.415 e. The number of hydrogen-bond acceptors (Lipinski definition) is 1. The highest BCUT2D eigenvalue weighted by Gasteiger charge is 2.38. The summed E-state index contributed by atoms with van der Waals surface area (Å²) in [6, 6.07) is 0. The zero-order valence-electron chi connectivity index (χ0n) is 12.6. The van der Waals surface area contributed by atoms with Crippen molar-refractivity contribution in [2.24, 2.45) is 5.41 Å². The molecule has 1 nitrogen and oxygen atoms in total. The Morgan fingerprint density at radius 2 is 1.76 bits per heavy atom. The van der Waals surface area contributed by atoms with Crippen LogP contribution in [0.2, 0.25) is 18.1 Å². The molecule has 0 saturated heterocycles. The molecule has 0 aromatic carbocycles. The lowest BCUT2D eigenvalue weighted by Gasteiger charge is -2.38. The molecule has 0 aromatic rings. The molecule has 0 bridgehead atoms. The molecule has 0 rings (SSSR count). The van der Waals surface area contributed by atoms with Crippen LogP contribution in [0.4, 0.5) is 0 Å². The Morgan fingerprint density at radius 3 is 2.06 bits per heavy atom. The molecule has 17 heavy (non-hydrogen) atoms. The quantitative estimate of drug-likeness (QED) is 0.394. The molecule has 0 aliphatic rings. The van der Waals surface area contributed by atoms with Gasteiger partial charge in [-0.15, -0.1) is 13.0 Å². The zero-order valence-corrected chi connectivity index (χ0v) is 13.6. The normalized spacial score (nSPS) is 16.1. The highest BCUT2D eigenvalue weighted by molar-refractivity contribution is 6.74. The number of rotatable bonds is 5. The Bertz CT molecular complexity index is 317. The van der Waals surface area contributed by atoms with Crippen molar-refractivity contribution < 1.29 is 4.43 Å². The summed E-state index contributed by atoms with van der Waals surface area (Å²) in [5.41, 5.74) is 0.894. The fourth-order valence-corrected chi connectivity index (χ4v) is 2.48. The maximum absolute atomic E-state index is 6.21. The lowest BCUT2D eigenvalue weighted by Crippen LogP contribution is -2.43. The van der Waals surface area contributed by atoms with Gasteiger partial charge in [0.25, 0.3) is 0 Å². The average Bonchev–Trinajstić information content (AvgIpc) is 2.12. The predicted octanol–water partition coefficient (Wildman–Crippen LogP) is 4.61. The molecule has 1 atom stereocenters. The first kappa shape index (κ1) is 16.5. The highest BCUT2D eigenvalue weighted by atomic mass is 28.4. The van der Waals surface area contributed by atoms with Gasteiger partial charge >= 0.3 is 0 Å². The average molecular weight is 252 g/mol. The van der Waals surface area contributed by atoms with Crippen LogP contribution < -0.4 is 0 Å². The topological polar surface area (TPSA) is 9.23 Å². The number of terminal acetylenes is 1. The van der Waals surface area contributed by atoms with E-state index in [-0.39, 0.29) is 10.5 Å². The van der Waals surface area contributed by atoms with Crippen molar-refractivity contribution in [3.63, 3.8) is 0 Å². The molecule has 0 radical (unpaired) electrons. The van der Waals surface area contributed by atoms with E-state index in [1.54, 1.807) is 0 Å². The number of hydrogen-bond donors (Lipinski definition) is 0. The van der Waals surface area contributed by atoms with E-state index in [0.29, 0.717) is 6.61 Å². The van der Waals surface area contributed by atoms with Crippen molar-refractivity contribution in [3.8, 4) is 12.3 Å². The van der Waals surface area contributed by atoms with Gasteiger partial charge in [0.15, 0.2) is 8.32 Å². The second kappa shape index (κ2) is 5.41. The summed E-state index contributed by atoms with van der Waals surface area (Å²) < 4.78 is 6.21. The minimum atomic E-state index is -1.71. The largest absolute Gasteiger partial charge is 0.415 e. The van der Waals surface area contributed by atoms with Gasteiger partial charge in [-0.1, -0.05) is 32.3 Å². The summed E-state index contributed by atoms with van der Waals surface area (Å²) in [4.78, 5) is 0. The lowest BCUT2D eigenvalue weighted by atomic mass is 9.86. The Kier molecular flexibility index (Phi) is 5.25. The fourth-order valence-electron chi connectivity index (χ4n) is 1.37. The molecule has 0 saturated carbocycles. The SMILES string of the molecule is C#CC(C)(CO[Si](C)(C)C(C)(C)C)CC(=C)C. The molecular formula is C15H28OSi. The van der Waals surface area contributed by atoms with Crippen molar-refractivity contribution in [2.75, 3.05) is 6.61 Å². The fraction of sp³-hybridized carbons (Fsp3) is 0.733. The van der Waals surface area contributed by atoms with Crippen LogP contribution in [0.3, 0.4) is 0 Å². The summed E-state index contributed by atoms with van der Waals surface area (Å²) in [6.07, 6.45) is 6.47. The second-order valence-electron chi connectivity index (χ2n) is 6.89. The van der Waals surface area contributed by atoms with E-state index in [4.69, 9.17) is 10.8 Å². The molecule has 1 unspecified atom stereocenters. The molecule has 98 valence electrons. The molecule has 0 fully saturated rings. The minimum absolute atomic E-state index is 0.221. The van der Waals surface area contributed by atoms with E-state index >= 15 is 0 Å². The Hall–Kier alpha value is -0.523. The second-order valence-corrected chi connectivity index (χ2v) is 11.7. The zero-order chi connectivity index (χ0) is 13.9. The maximum Gasteiger partial charge on any atom is 0.192 e. The molecule has 0 aliphatic heterocycles. The van der Waals surface area contributed by atoms with Gasteiger partial charge < -0.3 is 4.43 Å².